The van der Waals surface area contributed by atoms with Gasteiger partial charge in [0.05, 0.1) is 11.7 Å². The number of carbonyl (C=O) groups is 1. The quantitative estimate of drug-likeness (QED) is 0.840. The molecule has 0 spiro atoms. The lowest BCUT2D eigenvalue weighted by Crippen LogP contribution is -2.21. The summed E-state index contributed by atoms with van der Waals surface area (Å²) in [4.78, 5) is 12.7. The van der Waals surface area contributed by atoms with Gasteiger partial charge in [-0.3, -0.25) is 14.6 Å². The smallest absolute Gasteiger partial charge is 0.275 e. The number of hydrogen-bond donors (Lipinski definition) is 2. The van der Waals surface area contributed by atoms with Crippen molar-refractivity contribution >= 4 is 11.7 Å². The number of rotatable bonds is 6. The van der Waals surface area contributed by atoms with Crippen molar-refractivity contribution in [3.05, 3.63) is 29.2 Å². The molecule has 1 amide bonds. The highest BCUT2D eigenvalue weighted by molar-refractivity contribution is 6.02. The van der Waals surface area contributed by atoms with Crippen LogP contribution in [0.2, 0.25) is 0 Å². The number of aromatic nitrogens is 4. The molecule has 2 N–H and O–H groups in total. The number of aryl methyl sites for hydroxylation is 1. The van der Waals surface area contributed by atoms with E-state index in [0.717, 1.165) is 50.3 Å². The second-order valence-corrected chi connectivity index (χ2v) is 6.64. The van der Waals surface area contributed by atoms with Gasteiger partial charge in [0.2, 0.25) is 0 Å². The van der Waals surface area contributed by atoms with Gasteiger partial charge < -0.3 is 10.1 Å². The molecule has 0 saturated carbocycles. The highest BCUT2D eigenvalue weighted by Gasteiger charge is 2.21. The summed E-state index contributed by atoms with van der Waals surface area (Å²) in [6, 6.07) is 3.99. The zero-order chi connectivity index (χ0) is 17.8. The first kappa shape index (κ1) is 17.7. The van der Waals surface area contributed by atoms with Crippen LogP contribution in [0.25, 0.3) is 0 Å². The highest BCUT2D eigenvalue weighted by Crippen LogP contribution is 2.27. The van der Waals surface area contributed by atoms with Crippen LogP contribution in [-0.2, 0) is 4.74 Å². The van der Waals surface area contributed by atoms with E-state index in [4.69, 9.17) is 4.74 Å². The topological polar surface area (TPSA) is 84.8 Å². The molecular formula is C18H27N5O2. The normalized spacial score (nSPS) is 15.7. The van der Waals surface area contributed by atoms with Crippen LogP contribution in [0.15, 0.2) is 12.1 Å². The maximum absolute atomic E-state index is 12.7. The minimum absolute atomic E-state index is 0.169. The largest absolute Gasteiger partial charge is 0.381 e. The molecule has 2 aromatic heterocycles. The van der Waals surface area contributed by atoms with Crippen molar-refractivity contribution in [2.75, 3.05) is 18.5 Å². The Hall–Kier alpha value is -2.15. The molecule has 0 aliphatic carbocycles. The number of nitrogens with one attached hydrogen (secondary N) is 2. The van der Waals surface area contributed by atoms with Gasteiger partial charge in [-0.2, -0.15) is 10.2 Å². The fraction of sp³-hybridized carbons (Fsp3) is 0.611. The molecule has 0 aromatic carbocycles. The molecule has 1 aliphatic heterocycles. The first-order valence-electron chi connectivity index (χ1n) is 9.12. The maximum atomic E-state index is 12.7. The Morgan fingerprint density at radius 2 is 2.08 bits per heavy atom. The van der Waals surface area contributed by atoms with Crippen LogP contribution in [0.1, 0.15) is 73.4 Å². The predicted octanol–water partition coefficient (Wildman–Crippen LogP) is 3.42. The Kier molecular flexibility index (Phi) is 5.53. The lowest BCUT2D eigenvalue weighted by atomic mass is 9.97. The van der Waals surface area contributed by atoms with E-state index in [1.54, 1.807) is 0 Å². The average molecular weight is 345 g/mol. The summed E-state index contributed by atoms with van der Waals surface area (Å²) in [5, 5.41) is 14.7. The molecule has 1 aliphatic rings. The Balaban J connectivity index is 1.73. The van der Waals surface area contributed by atoms with Gasteiger partial charge in [0.1, 0.15) is 5.69 Å². The molecule has 7 heteroatoms. The molecule has 3 heterocycles. The third-order valence-electron chi connectivity index (χ3n) is 4.88. The summed E-state index contributed by atoms with van der Waals surface area (Å²) in [6.45, 7) is 7.69. The van der Waals surface area contributed by atoms with E-state index in [2.05, 4.69) is 34.5 Å². The van der Waals surface area contributed by atoms with Crippen LogP contribution in [0.5, 0.6) is 0 Å². The SMILES string of the molecule is CCC(CC)n1nc(C)cc1C(=O)Nc1cc(C2CCOCC2)[nH]n1. The number of aromatic amines is 1. The first-order chi connectivity index (χ1) is 12.1. The van der Waals surface area contributed by atoms with Gasteiger partial charge in [-0.15, -0.1) is 0 Å². The number of anilines is 1. The summed E-state index contributed by atoms with van der Waals surface area (Å²) < 4.78 is 7.24. The highest BCUT2D eigenvalue weighted by atomic mass is 16.5. The molecule has 1 fully saturated rings. The molecule has 7 nitrogen and oxygen atoms in total. The van der Waals surface area contributed by atoms with Crippen LogP contribution in [0.4, 0.5) is 5.82 Å². The third kappa shape index (κ3) is 3.92. The Morgan fingerprint density at radius 1 is 1.36 bits per heavy atom. The minimum atomic E-state index is -0.169. The van der Waals surface area contributed by atoms with Gasteiger partial charge in [-0.25, -0.2) is 0 Å². The number of carbonyl (C=O) groups excluding carboxylic acids is 1. The predicted molar refractivity (Wildman–Crippen MR) is 95.9 cm³/mol. The Bertz CT molecular complexity index is 711. The molecule has 136 valence electrons. The van der Waals surface area contributed by atoms with Gasteiger partial charge >= 0.3 is 0 Å². The number of nitrogens with zero attached hydrogens (tertiary/aromatic N) is 3. The van der Waals surface area contributed by atoms with E-state index < -0.39 is 0 Å². The van der Waals surface area contributed by atoms with Crippen LogP contribution >= 0.6 is 0 Å². The maximum Gasteiger partial charge on any atom is 0.275 e. The zero-order valence-electron chi connectivity index (χ0n) is 15.2. The van der Waals surface area contributed by atoms with E-state index >= 15 is 0 Å². The van der Waals surface area contributed by atoms with Crippen molar-refractivity contribution < 1.29 is 9.53 Å². The zero-order valence-corrected chi connectivity index (χ0v) is 15.2. The summed E-state index contributed by atoms with van der Waals surface area (Å²) >= 11 is 0. The molecule has 0 radical (unpaired) electrons. The van der Waals surface area contributed by atoms with Crippen LogP contribution in [-0.4, -0.2) is 39.1 Å². The second-order valence-electron chi connectivity index (χ2n) is 6.64. The number of ether oxygens (including phenoxy) is 1. The molecule has 2 aromatic rings. The molecule has 0 atom stereocenters. The monoisotopic (exact) mass is 345 g/mol. The number of hydrogen-bond acceptors (Lipinski definition) is 4. The fourth-order valence-electron chi connectivity index (χ4n) is 3.40. The van der Waals surface area contributed by atoms with Crippen LogP contribution in [0.3, 0.4) is 0 Å². The van der Waals surface area contributed by atoms with E-state index in [0.29, 0.717) is 17.4 Å². The van der Waals surface area contributed by atoms with Gasteiger partial charge in [-0.05, 0) is 38.7 Å². The van der Waals surface area contributed by atoms with Crippen molar-refractivity contribution in [3.8, 4) is 0 Å². The molecule has 0 bridgehead atoms. The Labute approximate surface area is 148 Å². The van der Waals surface area contributed by atoms with E-state index in [1.165, 1.54) is 0 Å². The van der Waals surface area contributed by atoms with Crippen molar-refractivity contribution in [1.82, 2.24) is 20.0 Å². The van der Waals surface area contributed by atoms with Crippen molar-refractivity contribution in [2.45, 2.75) is 58.4 Å². The second kappa shape index (κ2) is 7.82. The van der Waals surface area contributed by atoms with Crippen molar-refractivity contribution in [3.63, 3.8) is 0 Å². The van der Waals surface area contributed by atoms with Crippen molar-refractivity contribution in [2.24, 2.45) is 0 Å². The van der Waals surface area contributed by atoms with Crippen LogP contribution < -0.4 is 5.32 Å². The summed E-state index contributed by atoms with van der Waals surface area (Å²) in [7, 11) is 0. The molecule has 1 saturated heterocycles. The van der Waals surface area contributed by atoms with Crippen molar-refractivity contribution in [1.29, 1.82) is 0 Å². The minimum Gasteiger partial charge on any atom is -0.381 e. The lowest BCUT2D eigenvalue weighted by molar-refractivity contribution is 0.0845. The summed E-state index contributed by atoms with van der Waals surface area (Å²) in [5.74, 6) is 0.809. The molecule has 3 rings (SSSR count). The van der Waals surface area contributed by atoms with E-state index in [1.807, 2.05) is 23.7 Å². The van der Waals surface area contributed by atoms with Gasteiger partial charge in [0, 0.05) is 30.9 Å². The summed E-state index contributed by atoms with van der Waals surface area (Å²) in [6.07, 6.45) is 3.84. The van der Waals surface area contributed by atoms with Gasteiger partial charge in [0.15, 0.2) is 5.82 Å². The van der Waals surface area contributed by atoms with E-state index in [-0.39, 0.29) is 11.9 Å². The Morgan fingerprint density at radius 3 is 2.76 bits per heavy atom. The van der Waals surface area contributed by atoms with Crippen LogP contribution in [0, 0.1) is 6.92 Å². The standard InChI is InChI=1S/C18H27N5O2/c1-4-14(5-2)23-16(10-12(3)22-23)18(24)19-17-11-15(20-21-17)13-6-8-25-9-7-13/h10-11,13-14H,4-9H2,1-3H3,(H2,19,20,21,24). The molecule has 0 unspecified atom stereocenters. The van der Waals surface area contributed by atoms with Gasteiger partial charge in [-0.1, -0.05) is 13.8 Å². The molecule has 25 heavy (non-hydrogen) atoms. The lowest BCUT2D eigenvalue weighted by Gasteiger charge is -2.20. The third-order valence-corrected chi connectivity index (χ3v) is 4.88. The fourth-order valence-corrected chi connectivity index (χ4v) is 3.40. The van der Waals surface area contributed by atoms with E-state index in [9.17, 15) is 4.79 Å². The average Bonchev–Trinajstić information content (AvgIpc) is 3.24. The first-order valence-corrected chi connectivity index (χ1v) is 9.12. The van der Waals surface area contributed by atoms with Gasteiger partial charge in [0.25, 0.3) is 5.91 Å². The summed E-state index contributed by atoms with van der Waals surface area (Å²) in [5.41, 5.74) is 2.49. The number of H-pyrrole nitrogens is 1. The molecular weight excluding hydrogens is 318 g/mol. The number of amides is 1.